The predicted molar refractivity (Wildman–Crippen MR) is 118 cm³/mol. The smallest absolute Gasteiger partial charge is 0.338 e. The Labute approximate surface area is 180 Å². The number of thiophene rings is 1. The summed E-state index contributed by atoms with van der Waals surface area (Å²) >= 11 is 1.44. The minimum atomic E-state index is -0.749. The van der Waals surface area contributed by atoms with Crippen molar-refractivity contribution in [2.24, 2.45) is 0 Å². The first-order valence-corrected chi connectivity index (χ1v) is 10.9. The molecular weight excluding hydrogens is 416 g/mol. The zero-order chi connectivity index (χ0) is 21.9. The summed E-state index contributed by atoms with van der Waals surface area (Å²) in [6.45, 7) is 6.17. The molecule has 4 heterocycles. The highest BCUT2D eigenvalue weighted by Gasteiger charge is 2.21. The van der Waals surface area contributed by atoms with Gasteiger partial charge < -0.3 is 9.72 Å². The molecule has 1 atom stereocenters. The SMILES string of the molecule is Cc1sc2nc(C(C)OC(=O)c3ccc4c(=O)n5c(nc4c3)CCC5)[nH]c(=O)c2c1C. The maximum Gasteiger partial charge on any atom is 0.338 e. The number of esters is 1. The second kappa shape index (κ2) is 7.12. The average Bonchev–Trinajstić information content (AvgIpc) is 3.32. The van der Waals surface area contributed by atoms with Gasteiger partial charge in [-0.3, -0.25) is 14.2 Å². The molecule has 1 aliphatic heterocycles. The summed E-state index contributed by atoms with van der Waals surface area (Å²) in [5, 5.41) is 1.05. The third-order valence-corrected chi connectivity index (χ3v) is 6.88. The van der Waals surface area contributed by atoms with Gasteiger partial charge in [0.1, 0.15) is 10.7 Å². The second-order valence-electron chi connectivity index (χ2n) is 7.78. The Morgan fingerprint density at radius 1 is 1.26 bits per heavy atom. The maximum atomic E-state index is 12.7. The van der Waals surface area contributed by atoms with Gasteiger partial charge in [0.05, 0.1) is 21.9 Å². The number of aromatic amines is 1. The van der Waals surface area contributed by atoms with E-state index in [-0.39, 0.29) is 11.1 Å². The molecule has 5 rings (SSSR count). The van der Waals surface area contributed by atoms with Crippen LogP contribution in [0.5, 0.6) is 0 Å². The number of hydrogen-bond acceptors (Lipinski definition) is 7. The van der Waals surface area contributed by atoms with Crippen LogP contribution in [0.25, 0.3) is 21.1 Å². The van der Waals surface area contributed by atoms with Crippen LogP contribution in [0.15, 0.2) is 27.8 Å². The lowest BCUT2D eigenvalue weighted by molar-refractivity contribution is 0.0320. The number of fused-ring (bicyclic) bond motifs is 3. The van der Waals surface area contributed by atoms with Crippen LogP contribution in [0.1, 0.15) is 51.9 Å². The van der Waals surface area contributed by atoms with Gasteiger partial charge in [-0.15, -0.1) is 11.3 Å². The van der Waals surface area contributed by atoms with Gasteiger partial charge in [0.25, 0.3) is 11.1 Å². The molecule has 1 aliphatic rings. The fourth-order valence-corrected chi connectivity index (χ4v) is 5.00. The molecule has 8 nitrogen and oxygen atoms in total. The van der Waals surface area contributed by atoms with Crippen molar-refractivity contribution in [1.82, 2.24) is 19.5 Å². The van der Waals surface area contributed by atoms with Crippen molar-refractivity contribution in [3.05, 3.63) is 66.6 Å². The zero-order valence-corrected chi connectivity index (χ0v) is 18.1. The van der Waals surface area contributed by atoms with E-state index in [1.807, 2.05) is 13.8 Å². The van der Waals surface area contributed by atoms with Crippen LogP contribution in [0.3, 0.4) is 0 Å². The summed E-state index contributed by atoms with van der Waals surface area (Å²) in [7, 11) is 0. The number of nitrogens with zero attached hydrogens (tertiary/aromatic N) is 3. The predicted octanol–water partition coefficient (Wildman–Crippen LogP) is 3.18. The van der Waals surface area contributed by atoms with E-state index in [4.69, 9.17) is 4.74 Å². The van der Waals surface area contributed by atoms with Gasteiger partial charge in [0, 0.05) is 17.8 Å². The molecule has 4 aromatic rings. The van der Waals surface area contributed by atoms with Crippen molar-refractivity contribution in [2.45, 2.75) is 46.3 Å². The molecule has 0 amide bonds. The minimum absolute atomic E-state index is 0.0811. The van der Waals surface area contributed by atoms with E-state index in [2.05, 4.69) is 15.0 Å². The Bertz CT molecular complexity index is 1500. The number of aromatic nitrogens is 4. The normalized spacial score (nSPS) is 14.2. The first kappa shape index (κ1) is 19.6. The maximum absolute atomic E-state index is 12.7. The van der Waals surface area contributed by atoms with Crippen LogP contribution < -0.4 is 11.1 Å². The molecule has 0 saturated heterocycles. The molecule has 1 aromatic carbocycles. The molecule has 1 unspecified atom stereocenters. The number of carbonyl (C=O) groups is 1. The number of rotatable bonds is 3. The Balaban J connectivity index is 1.45. The van der Waals surface area contributed by atoms with Gasteiger partial charge in [0.15, 0.2) is 11.9 Å². The van der Waals surface area contributed by atoms with E-state index in [1.165, 1.54) is 11.3 Å². The highest BCUT2D eigenvalue weighted by atomic mass is 32.1. The standard InChI is InChI=1S/C22H20N4O4S/c1-10-12(3)31-20-17(10)19(27)24-18(25-20)11(2)30-22(29)13-6-7-14-15(9-13)23-16-5-4-8-26(16)21(14)28/h6-7,9,11H,4-5,8H2,1-3H3,(H,24,25,27). The largest absolute Gasteiger partial charge is 0.451 e. The lowest BCUT2D eigenvalue weighted by Gasteiger charge is -2.13. The van der Waals surface area contributed by atoms with E-state index < -0.39 is 12.1 Å². The summed E-state index contributed by atoms with van der Waals surface area (Å²) in [6.07, 6.45) is 0.894. The van der Waals surface area contributed by atoms with Gasteiger partial charge in [-0.2, -0.15) is 0 Å². The van der Waals surface area contributed by atoms with Crippen molar-refractivity contribution in [2.75, 3.05) is 0 Å². The topological polar surface area (TPSA) is 107 Å². The van der Waals surface area contributed by atoms with Gasteiger partial charge in [-0.1, -0.05) is 0 Å². The molecule has 9 heteroatoms. The average molecular weight is 436 g/mol. The lowest BCUT2D eigenvalue weighted by Crippen LogP contribution is -2.21. The highest BCUT2D eigenvalue weighted by Crippen LogP contribution is 2.27. The number of aryl methyl sites for hydroxylation is 3. The van der Waals surface area contributed by atoms with Crippen molar-refractivity contribution in [3.63, 3.8) is 0 Å². The monoisotopic (exact) mass is 436 g/mol. The molecule has 0 saturated carbocycles. The Morgan fingerprint density at radius 3 is 2.87 bits per heavy atom. The fraction of sp³-hybridized carbons (Fsp3) is 0.318. The molecule has 1 N–H and O–H groups in total. The summed E-state index contributed by atoms with van der Waals surface area (Å²) < 4.78 is 7.25. The Hall–Kier alpha value is -3.33. The molecule has 0 fully saturated rings. The minimum Gasteiger partial charge on any atom is -0.451 e. The summed E-state index contributed by atoms with van der Waals surface area (Å²) in [5.41, 5.74) is 1.37. The van der Waals surface area contributed by atoms with Gasteiger partial charge in [0.2, 0.25) is 0 Å². The molecule has 3 aromatic heterocycles. The number of ether oxygens (including phenoxy) is 1. The zero-order valence-electron chi connectivity index (χ0n) is 17.3. The van der Waals surface area contributed by atoms with Gasteiger partial charge in [-0.05, 0) is 51.0 Å². The van der Waals surface area contributed by atoms with Crippen LogP contribution in [0, 0.1) is 13.8 Å². The van der Waals surface area contributed by atoms with E-state index in [0.29, 0.717) is 39.1 Å². The van der Waals surface area contributed by atoms with Crippen LogP contribution in [0.2, 0.25) is 0 Å². The van der Waals surface area contributed by atoms with Crippen molar-refractivity contribution >= 4 is 38.4 Å². The van der Waals surface area contributed by atoms with Gasteiger partial charge >= 0.3 is 5.97 Å². The first-order chi connectivity index (χ1) is 14.8. The molecule has 158 valence electrons. The van der Waals surface area contributed by atoms with E-state index in [0.717, 1.165) is 29.1 Å². The number of nitrogens with one attached hydrogen (secondary N) is 1. The number of benzene rings is 1. The molecule has 0 spiro atoms. The molecule has 0 bridgehead atoms. The molecule has 31 heavy (non-hydrogen) atoms. The van der Waals surface area contributed by atoms with Crippen LogP contribution >= 0.6 is 11.3 Å². The summed E-state index contributed by atoms with van der Waals surface area (Å²) in [4.78, 5) is 51.3. The Kier molecular flexibility index (Phi) is 4.51. The van der Waals surface area contributed by atoms with Crippen LogP contribution in [0.4, 0.5) is 0 Å². The quantitative estimate of drug-likeness (QED) is 0.495. The van der Waals surface area contributed by atoms with Crippen molar-refractivity contribution < 1.29 is 9.53 Å². The third-order valence-electron chi connectivity index (χ3n) is 5.78. The van der Waals surface area contributed by atoms with Crippen LogP contribution in [-0.2, 0) is 17.7 Å². The van der Waals surface area contributed by atoms with E-state index in [1.54, 1.807) is 29.7 Å². The van der Waals surface area contributed by atoms with Gasteiger partial charge in [-0.25, -0.2) is 14.8 Å². The van der Waals surface area contributed by atoms with Crippen molar-refractivity contribution in [3.8, 4) is 0 Å². The number of H-pyrrole nitrogens is 1. The molecule has 0 radical (unpaired) electrons. The van der Waals surface area contributed by atoms with Crippen LogP contribution in [-0.4, -0.2) is 25.5 Å². The Morgan fingerprint density at radius 2 is 2.06 bits per heavy atom. The summed E-state index contributed by atoms with van der Waals surface area (Å²) in [6, 6.07) is 4.75. The van der Waals surface area contributed by atoms with E-state index in [9.17, 15) is 14.4 Å². The van der Waals surface area contributed by atoms with E-state index >= 15 is 0 Å². The fourth-order valence-electron chi connectivity index (χ4n) is 3.96. The number of hydrogen-bond donors (Lipinski definition) is 1. The molecular formula is C22H20N4O4S. The summed E-state index contributed by atoms with van der Waals surface area (Å²) in [5.74, 6) is 0.466. The number of carbonyl (C=O) groups excluding carboxylic acids is 1. The first-order valence-electron chi connectivity index (χ1n) is 10.1. The lowest BCUT2D eigenvalue weighted by atomic mass is 10.1. The van der Waals surface area contributed by atoms with Crippen molar-refractivity contribution in [1.29, 1.82) is 0 Å². The second-order valence-corrected chi connectivity index (χ2v) is 8.99. The third kappa shape index (κ3) is 3.16. The highest BCUT2D eigenvalue weighted by molar-refractivity contribution is 7.18. The molecule has 0 aliphatic carbocycles.